The molecule has 2 atom stereocenters. The fourth-order valence-electron chi connectivity index (χ4n) is 3.94. The quantitative estimate of drug-likeness (QED) is 0.895. The average molecular weight is 339 g/mol. The van der Waals surface area contributed by atoms with Crippen LogP contribution in [0.2, 0.25) is 0 Å². The summed E-state index contributed by atoms with van der Waals surface area (Å²) in [6.07, 6.45) is 9.86. The van der Waals surface area contributed by atoms with Gasteiger partial charge in [-0.05, 0) is 38.8 Å². The van der Waals surface area contributed by atoms with Crippen LogP contribution in [0, 0.1) is 0 Å². The normalized spacial score (nSPS) is 27.9. The molecular formula is C16H25N3O3S. The van der Waals surface area contributed by atoms with E-state index in [1.54, 1.807) is 0 Å². The van der Waals surface area contributed by atoms with Crippen molar-refractivity contribution in [2.45, 2.75) is 61.5 Å². The molecule has 6 nitrogen and oxygen atoms in total. The molecule has 1 N–H and O–H groups in total. The van der Waals surface area contributed by atoms with Crippen molar-refractivity contribution in [2.75, 3.05) is 19.3 Å². The van der Waals surface area contributed by atoms with Crippen LogP contribution in [0.1, 0.15) is 50.1 Å². The van der Waals surface area contributed by atoms with Crippen molar-refractivity contribution in [3.05, 3.63) is 18.2 Å². The highest BCUT2D eigenvalue weighted by molar-refractivity contribution is 7.90. The van der Waals surface area contributed by atoms with Gasteiger partial charge in [-0.25, -0.2) is 18.4 Å². The molecule has 3 rings (SSSR count). The Morgan fingerprint density at radius 2 is 1.87 bits per heavy atom. The lowest BCUT2D eigenvalue weighted by atomic mass is 9.87. The van der Waals surface area contributed by atoms with Crippen molar-refractivity contribution in [3.8, 4) is 0 Å². The lowest BCUT2D eigenvalue weighted by Gasteiger charge is -2.41. The summed E-state index contributed by atoms with van der Waals surface area (Å²) in [6, 6.07) is 0.268. The predicted octanol–water partition coefficient (Wildman–Crippen LogP) is 1.36. The number of piperidine rings is 1. The van der Waals surface area contributed by atoms with E-state index in [4.69, 9.17) is 0 Å². The van der Waals surface area contributed by atoms with Crippen LogP contribution in [0.5, 0.6) is 0 Å². The fourth-order valence-corrected chi connectivity index (χ4v) is 4.79. The first-order valence-corrected chi connectivity index (χ1v) is 10.3. The van der Waals surface area contributed by atoms with Gasteiger partial charge in [0.2, 0.25) is 0 Å². The van der Waals surface area contributed by atoms with Gasteiger partial charge < -0.3 is 5.11 Å². The second kappa shape index (κ2) is 6.83. The zero-order valence-electron chi connectivity index (χ0n) is 13.6. The predicted molar refractivity (Wildman–Crippen MR) is 87.0 cm³/mol. The first-order valence-electron chi connectivity index (χ1n) is 8.39. The smallest absolute Gasteiger partial charge is 0.178 e. The van der Waals surface area contributed by atoms with E-state index in [0.717, 1.165) is 45.2 Å². The molecule has 1 aliphatic heterocycles. The van der Waals surface area contributed by atoms with Crippen LogP contribution in [0.25, 0.3) is 0 Å². The van der Waals surface area contributed by atoms with Crippen LogP contribution in [-0.4, -0.2) is 59.9 Å². The van der Waals surface area contributed by atoms with Crippen molar-refractivity contribution in [3.63, 3.8) is 0 Å². The SMILES string of the molecule is CS(=O)(=O)c1cncnc1C1CCN([C@@H]2CCCC[C@H]2O)CC1. The second-order valence-corrected chi connectivity index (χ2v) is 8.76. The van der Waals surface area contributed by atoms with E-state index in [2.05, 4.69) is 14.9 Å². The highest BCUT2D eigenvalue weighted by Gasteiger charge is 2.33. The standard InChI is InChI=1S/C16H25N3O3S/c1-23(21,22)15-10-17-11-18-16(15)12-6-8-19(9-7-12)13-4-2-3-5-14(13)20/h10-14,20H,2-9H2,1H3/t13-,14-/m1/s1. The summed E-state index contributed by atoms with van der Waals surface area (Å²) in [5.41, 5.74) is 0.659. The molecule has 128 valence electrons. The molecule has 0 radical (unpaired) electrons. The number of sulfone groups is 1. The molecular weight excluding hydrogens is 314 g/mol. The number of aliphatic hydroxyl groups excluding tert-OH is 1. The Balaban J connectivity index is 1.70. The average Bonchev–Trinajstić information content (AvgIpc) is 2.55. The highest BCUT2D eigenvalue weighted by Crippen LogP contribution is 2.33. The van der Waals surface area contributed by atoms with Gasteiger partial charge in [-0.15, -0.1) is 0 Å². The summed E-state index contributed by atoms with van der Waals surface area (Å²) in [7, 11) is -3.30. The Bertz CT molecular complexity index is 642. The topological polar surface area (TPSA) is 83.4 Å². The molecule has 0 bridgehead atoms. The largest absolute Gasteiger partial charge is 0.391 e. The summed E-state index contributed by atoms with van der Waals surface area (Å²) < 4.78 is 23.9. The molecule has 7 heteroatoms. The lowest BCUT2D eigenvalue weighted by molar-refractivity contribution is 0.00841. The number of rotatable bonds is 3. The van der Waals surface area contributed by atoms with Crippen molar-refractivity contribution in [1.82, 2.24) is 14.9 Å². The third-order valence-electron chi connectivity index (χ3n) is 5.19. The van der Waals surface area contributed by atoms with Crippen LogP contribution in [0.3, 0.4) is 0 Å². The molecule has 1 aromatic heterocycles. The van der Waals surface area contributed by atoms with E-state index in [-0.39, 0.29) is 23.0 Å². The Morgan fingerprint density at radius 3 is 2.52 bits per heavy atom. The maximum absolute atomic E-state index is 11.9. The number of hydrogen-bond acceptors (Lipinski definition) is 6. The zero-order chi connectivity index (χ0) is 16.4. The maximum Gasteiger partial charge on any atom is 0.178 e. The van der Waals surface area contributed by atoms with E-state index in [0.29, 0.717) is 5.69 Å². The molecule has 2 heterocycles. The van der Waals surface area contributed by atoms with Crippen molar-refractivity contribution >= 4 is 9.84 Å². The third kappa shape index (κ3) is 3.72. The highest BCUT2D eigenvalue weighted by atomic mass is 32.2. The van der Waals surface area contributed by atoms with Crippen molar-refractivity contribution in [1.29, 1.82) is 0 Å². The summed E-state index contributed by atoms with van der Waals surface area (Å²) in [6.45, 7) is 1.78. The molecule has 1 aliphatic carbocycles. The Hall–Kier alpha value is -1.05. The molecule has 1 saturated carbocycles. The van der Waals surface area contributed by atoms with Gasteiger partial charge in [-0.1, -0.05) is 12.8 Å². The van der Waals surface area contributed by atoms with Gasteiger partial charge in [0, 0.05) is 24.4 Å². The van der Waals surface area contributed by atoms with Gasteiger partial charge in [0.15, 0.2) is 9.84 Å². The summed E-state index contributed by atoms with van der Waals surface area (Å²) in [4.78, 5) is 10.8. The van der Waals surface area contributed by atoms with Gasteiger partial charge >= 0.3 is 0 Å². The molecule has 0 aromatic carbocycles. The number of aromatic nitrogens is 2. The van der Waals surface area contributed by atoms with Gasteiger partial charge in [-0.3, -0.25) is 4.90 Å². The van der Waals surface area contributed by atoms with E-state index in [1.165, 1.54) is 25.2 Å². The molecule has 23 heavy (non-hydrogen) atoms. The Kier molecular flexibility index (Phi) is 4.98. The molecule has 0 unspecified atom stereocenters. The molecule has 2 fully saturated rings. The molecule has 0 spiro atoms. The zero-order valence-corrected chi connectivity index (χ0v) is 14.4. The molecule has 0 amide bonds. The van der Waals surface area contributed by atoms with Gasteiger partial charge in [0.05, 0.1) is 11.8 Å². The maximum atomic E-state index is 11.9. The second-order valence-electron chi connectivity index (χ2n) is 6.77. The van der Waals surface area contributed by atoms with E-state index < -0.39 is 9.84 Å². The Labute approximate surface area is 137 Å². The van der Waals surface area contributed by atoms with Crippen molar-refractivity contribution < 1.29 is 13.5 Å². The fraction of sp³-hybridized carbons (Fsp3) is 0.750. The third-order valence-corrected chi connectivity index (χ3v) is 6.30. The molecule has 1 saturated heterocycles. The van der Waals surface area contributed by atoms with Gasteiger partial charge in [-0.2, -0.15) is 0 Å². The van der Waals surface area contributed by atoms with Crippen LogP contribution in [-0.2, 0) is 9.84 Å². The minimum Gasteiger partial charge on any atom is -0.391 e. The Morgan fingerprint density at radius 1 is 1.17 bits per heavy atom. The minimum atomic E-state index is -3.30. The monoisotopic (exact) mass is 339 g/mol. The first-order chi connectivity index (χ1) is 11.0. The number of aliphatic hydroxyl groups is 1. The van der Waals surface area contributed by atoms with E-state index in [9.17, 15) is 13.5 Å². The number of likely N-dealkylation sites (tertiary alicyclic amines) is 1. The molecule has 2 aliphatic rings. The van der Waals surface area contributed by atoms with Crippen LogP contribution >= 0.6 is 0 Å². The van der Waals surface area contributed by atoms with Crippen LogP contribution in [0.15, 0.2) is 17.4 Å². The summed E-state index contributed by atoms with van der Waals surface area (Å²) in [5.74, 6) is 0.153. The number of hydrogen-bond donors (Lipinski definition) is 1. The minimum absolute atomic E-state index is 0.153. The van der Waals surface area contributed by atoms with Crippen LogP contribution < -0.4 is 0 Å². The van der Waals surface area contributed by atoms with Crippen LogP contribution in [0.4, 0.5) is 0 Å². The summed E-state index contributed by atoms with van der Waals surface area (Å²) in [5, 5.41) is 10.2. The molecule has 1 aromatic rings. The van der Waals surface area contributed by atoms with Gasteiger partial charge in [0.25, 0.3) is 0 Å². The van der Waals surface area contributed by atoms with E-state index >= 15 is 0 Å². The van der Waals surface area contributed by atoms with E-state index in [1.807, 2.05) is 0 Å². The summed E-state index contributed by atoms with van der Waals surface area (Å²) >= 11 is 0. The number of nitrogens with zero attached hydrogens (tertiary/aromatic N) is 3. The lowest BCUT2D eigenvalue weighted by Crippen LogP contribution is -2.48. The van der Waals surface area contributed by atoms with Gasteiger partial charge in [0.1, 0.15) is 11.2 Å². The van der Waals surface area contributed by atoms with Crippen molar-refractivity contribution in [2.24, 2.45) is 0 Å². The first kappa shape index (κ1) is 16.8.